The van der Waals surface area contributed by atoms with E-state index < -0.39 is 5.91 Å². The molecular weight excluding hydrogens is 396 g/mol. The molecule has 4 rings (SSSR count). The molecule has 1 aliphatic heterocycles. The number of amides is 3. The molecule has 1 N–H and O–H groups in total. The van der Waals surface area contributed by atoms with Crippen LogP contribution in [0.4, 0.5) is 5.69 Å². The minimum Gasteiger partial charge on any atom is -0.321 e. The van der Waals surface area contributed by atoms with Crippen molar-refractivity contribution in [3.05, 3.63) is 93.9 Å². The second-order valence-electron chi connectivity index (χ2n) is 7.22. The fourth-order valence-electron chi connectivity index (χ4n) is 3.31. The highest BCUT2D eigenvalue weighted by atomic mass is 16.2. The van der Waals surface area contributed by atoms with Crippen molar-refractivity contribution in [2.45, 2.75) is 25.9 Å². The zero-order valence-corrected chi connectivity index (χ0v) is 16.7. The first-order chi connectivity index (χ1) is 15.0. The molecule has 2 aromatic carbocycles. The average Bonchev–Trinajstić information content (AvgIpc) is 3.09. The molecule has 8 nitrogen and oxygen atoms in total. The second kappa shape index (κ2) is 8.74. The molecule has 1 fully saturated rings. The second-order valence-corrected chi connectivity index (χ2v) is 7.22. The van der Waals surface area contributed by atoms with Gasteiger partial charge in [-0.2, -0.15) is 5.10 Å². The lowest BCUT2D eigenvalue weighted by atomic mass is 10.2. The van der Waals surface area contributed by atoms with E-state index in [0.717, 1.165) is 11.1 Å². The monoisotopic (exact) mass is 416 g/mol. The van der Waals surface area contributed by atoms with Gasteiger partial charge in [0.2, 0.25) is 11.8 Å². The molecule has 1 saturated heterocycles. The summed E-state index contributed by atoms with van der Waals surface area (Å²) < 4.78 is 1.25. The standard InChI is InChI=1S/C23H20N4O4/c28-20-12-13-21(29)26(20)14-17-6-8-18(9-7-17)24-23(31)19-10-11-22(30)27(25-19)15-16-4-2-1-3-5-16/h1-11H,12-15H2,(H,24,31). The van der Waals surface area contributed by atoms with Gasteiger partial charge in [0.05, 0.1) is 13.1 Å². The van der Waals surface area contributed by atoms with Crippen molar-refractivity contribution < 1.29 is 14.4 Å². The van der Waals surface area contributed by atoms with Crippen molar-refractivity contribution in [2.24, 2.45) is 0 Å². The Balaban J connectivity index is 1.43. The zero-order valence-electron chi connectivity index (χ0n) is 16.7. The Morgan fingerprint density at radius 3 is 2.13 bits per heavy atom. The van der Waals surface area contributed by atoms with Gasteiger partial charge in [0.15, 0.2) is 0 Å². The number of imide groups is 1. The predicted molar refractivity (Wildman–Crippen MR) is 113 cm³/mol. The largest absolute Gasteiger partial charge is 0.321 e. The highest BCUT2D eigenvalue weighted by Crippen LogP contribution is 2.17. The van der Waals surface area contributed by atoms with E-state index in [0.29, 0.717) is 5.69 Å². The Morgan fingerprint density at radius 2 is 1.45 bits per heavy atom. The predicted octanol–water partition coefficient (Wildman–Crippen LogP) is 2.19. The fraction of sp³-hybridized carbons (Fsp3) is 0.174. The molecule has 156 valence electrons. The van der Waals surface area contributed by atoms with E-state index in [1.165, 1.54) is 21.7 Å². The first kappa shape index (κ1) is 20.2. The van der Waals surface area contributed by atoms with E-state index in [-0.39, 0.29) is 49.0 Å². The molecule has 3 aromatic rings. The van der Waals surface area contributed by atoms with Crippen LogP contribution in [0.1, 0.15) is 34.5 Å². The summed E-state index contributed by atoms with van der Waals surface area (Å²) >= 11 is 0. The summed E-state index contributed by atoms with van der Waals surface area (Å²) in [6, 6.07) is 19.0. The number of hydrogen-bond acceptors (Lipinski definition) is 5. The highest BCUT2D eigenvalue weighted by Gasteiger charge is 2.28. The molecule has 0 saturated carbocycles. The number of rotatable bonds is 6. The van der Waals surface area contributed by atoms with Crippen molar-refractivity contribution in [3.63, 3.8) is 0 Å². The van der Waals surface area contributed by atoms with E-state index in [2.05, 4.69) is 10.4 Å². The van der Waals surface area contributed by atoms with Gasteiger partial charge < -0.3 is 5.32 Å². The summed E-state index contributed by atoms with van der Waals surface area (Å²) in [6.45, 7) is 0.487. The summed E-state index contributed by atoms with van der Waals surface area (Å²) in [5, 5.41) is 6.92. The molecular formula is C23H20N4O4. The van der Waals surface area contributed by atoms with E-state index in [1.807, 2.05) is 30.3 Å². The Bertz CT molecular complexity index is 1170. The first-order valence-corrected chi connectivity index (χ1v) is 9.85. The van der Waals surface area contributed by atoms with Crippen LogP contribution in [0.3, 0.4) is 0 Å². The summed E-state index contributed by atoms with van der Waals surface area (Å²) in [5.41, 5.74) is 2.05. The normalized spacial score (nSPS) is 13.5. The van der Waals surface area contributed by atoms with Gasteiger partial charge >= 0.3 is 0 Å². The maximum atomic E-state index is 12.6. The Kier molecular flexibility index (Phi) is 5.70. The Hall–Kier alpha value is -4.07. The van der Waals surface area contributed by atoms with Gasteiger partial charge in [-0.05, 0) is 29.3 Å². The van der Waals surface area contributed by atoms with E-state index in [4.69, 9.17) is 0 Å². The van der Waals surface area contributed by atoms with E-state index in [1.54, 1.807) is 24.3 Å². The smallest absolute Gasteiger partial charge is 0.276 e. The molecule has 1 aliphatic rings. The fourth-order valence-corrected chi connectivity index (χ4v) is 3.31. The first-order valence-electron chi connectivity index (χ1n) is 9.85. The average molecular weight is 416 g/mol. The number of anilines is 1. The van der Waals surface area contributed by atoms with Crippen LogP contribution in [-0.4, -0.2) is 32.4 Å². The van der Waals surface area contributed by atoms with Crippen molar-refractivity contribution in [2.75, 3.05) is 5.32 Å². The number of carbonyl (C=O) groups excluding carboxylic acids is 3. The molecule has 2 heterocycles. The van der Waals surface area contributed by atoms with Crippen molar-refractivity contribution >= 4 is 23.4 Å². The SMILES string of the molecule is O=C(Nc1ccc(CN2C(=O)CCC2=O)cc1)c1ccc(=O)n(Cc2ccccc2)n1. The summed E-state index contributed by atoms with van der Waals surface area (Å²) in [5.74, 6) is -0.780. The number of likely N-dealkylation sites (tertiary alicyclic amines) is 1. The molecule has 8 heteroatoms. The number of nitrogens with zero attached hydrogens (tertiary/aromatic N) is 3. The van der Waals surface area contributed by atoms with Crippen LogP contribution in [-0.2, 0) is 22.7 Å². The molecule has 0 aliphatic carbocycles. The number of carbonyl (C=O) groups is 3. The van der Waals surface area contributed by atoms with Crippen molar-refractivity contribution in [1.82, 2.24) is 14.7 Å². The number of nitrogens with one attached hydrogen (secondary N) is 1. The van der Waals surface area contributed by atoms with Crippen LogP contribution in [0.15, 0.2) is 71.5 Å². The molecule has 0 spiro atoms. The van der Waals surface area contributed by atoms with Gasteiger partial charge in [-0.1, -0.05) is 42.5 Å². The third-order valence-electron chi connectivity index (χ3n) is 4.98. The maximum absolute atomic E-state index is 12.6. The minimum absolute atomic E-state index is 0.118. The van der Waals surface area contributed by atoms with Crippen molar-refractivity contribution in [1.29, 1.82) is 0 Å². The summed E-state index contributed by atoms with van der Waals surface area (Å²) in [6.07, 6.45) is 0.513. The van der Waals surface area contributed by atoms with Gasteiger partial charge in [0.1, 0.15) is 5.69 Å². The number of aromatic nitrogens is 2. The lowest BCUT2D eigenvalue weighted by molar-refractivity contribution is -0.139. The van der Waals surface area contributed by atoms with Crippen LogP contribution in [0.25, 0.3) is 0 Å². The van der Waals surface area contributed by atoms with Gasteiger partial charge in [-0.15, -0.1) is 0 Å². The maximum Gasteiger partial charge on any atom is 0.276 e. The van der Waals surface area contributed by atoms with Gasteiger partial charge in [0, 0.05) is 24.6 Å². The van der Waals surface area contributed by atoms with Gasteiger partial charge in [-0.25, -0.2) is 4.68 Å². The Morgan fingerprint density at radius 1 is 0.806 bits per heavy atom. The van der Waals surface area contributed by atoms with Gasteiger partial charge in [0.25, 0.3) is 11.5 Å². The van der Waals surface area contributed by atoms with Crippen LogP contribution in [0.5, 0.6) is 0 Å². The Labute approximate surface area is 178 Å². The van der Waals surface area contributed by atoms with Gasteiger partial charge in [-0.3, -0.25) is 24.1 Å². The van der Waals surface area contributed by atoms with Crippen LogP contribution in [0.2, 0.25) is 0 Å². The molecule has 0 unspecified atom stereocenters. The lowest BCUT2D eigenvalue weighted by Crippen LogP contribution is -2.28. The summed E-state index contributed by atoms with van der Waals surface area (Å²) in [7, 11) is 0. The molecule has 0 radical (unpaired) electrons. The quantitative estimate of drug-likeness (QED) is 0.621. The number of benzene rings is 2. The molecule has 31 heavy (non-hydrogen) atoms. The van der Waals surface area contributed by atoms with Crippen molar-refractivity contribution in [3.8, 4) is 0 Å². The third kappa shape index (κ3) is 4.75. The molecule has 0 atom stereocenters. The topological polar surface area (TPSA) is 101 Å². The highest BCUT2D eigenvalue weighted by molar-refractivity contribution is 6.03. The van der Waals surface area contributed by atoms with E-state index in [9.17, 15) is 19.2 Å². The molecule has 1 aromatic heterocycles. The zero-order chi connectivity index (χ0) is 21.8. The molecule has 0 bridgehead atoms. The minimum atomic E-state index is -0.445. The number of hydrogen-bond donors (Lipinski definition) is 1. The third-order valence-corrected chi connectivity index (χ3v) is 4.98. The van der Waals surface area contributed by atoms with Crippen LogP contribution in [0, 0.1) is 0 Å². The van der Waals surface area contributed by atoms with Crippen LogP contribution >= 0.6 is 0 Å². The van der Waals surface area contributed by atoms with E-state index >= 15 is 0 Å². The summed E-state index contributed by atoms with van der Waals surface area (Å²) in [4.78, 5) is 49.4. The van der Waals surface area contributed by atoms with Crippen LogP contribution < -0.4 is 10.9 Å². The lowest BCUT2D eigenvalue weighted by Gasteiger charge is -2.14. The molecule has 3 amide bonds.